The molecule has 0 heterocycles. The molecule has 3 rings (SSSR count). The zero-order valence-electron chi connectivity index (χ0n) is 20.7. The van der Waals surface area contributed by atoms with Gasteiger partial charge in [-0.15, -0.1) is 0 Å². The molecule has 3 aromatic rings. The lowest BCUT2D eigenvalue weighted by atomic mass is 10.1. The second-order valence-corrected chi connectivity index (χ2v) is 10.8. The van der Waals surface area contributed by atoms with E-state index in [2.05, 4.69) is 5.32 Å². The van der Waals surface area contributed by atoms with Crippen LogP contribution in [-0.4, -0.2) is 44.8 Å². The number of hydrogen-bond donors (Lipinski definition) is 1. The van der Waals surface area contributed by atoms with Crippen LogP contribution in [0.3, 0.4) is 0 Å². The highest BCUT2D eigenvalue weighted by Crippen LogP contribution is 2.27. The normalized spacial score (nSPS) is 12.0. The third-order valence-electron chi connectivity index (χ3n) is 6.00. The second-order valence-electron chi connectivity index (χ2n) is 8.54. The third kappa shape index (κ3) is 6.25. The minimum absolute atomic E-state index is 0.0469. The molecular formula is C27H30ClN3O4S. The first-order chi connectivity index (χ1) is 17.0. The maximum Gasteiger partial charge on any atom is 0.264 e. The molecule has 0 radical (unpaired) electrons. The van der Waals surface area contributed by atoms with Crippen molar-refractivity contribution in [2.75, 3.05) is 17.9 Å². The zero-order valence-corrected chi connectivity index (χ0v) is 22.3. The summed E-state index contributed by atoms with van der Waals surface area (Å²) in [5, 5.41) is 2.91. The van der Waals surface area contributed by atoms with Gasteiger partial charge in [0.1, 0.15) is 12.6 Å². The first-order valence-corrected chi connectivity index (χ1v) is 13.3. The monoisotopic (exact) mass is 527 g/mol. The molecule has 0 aliphatic heterocycles. The van der Waals surface area contributed by atoms with Gasteiger partial charge in [0.05, 0.1) is 10.6 Å². The molecule has 3 aromatic carbocycles. The topological polar surface area (TPSA) is 86.8 Å². The Morgan fingerprint density at radius 2 is 1.64 bits per heavy atom. The van der Waals surface area contributed by atoms with Gasteiger partial charge in [0.25, 0.3) is 10.0 Å². The molecule has 0 fully saturated rings. The van der Waals surface area contributed by atoms with Crippen molar-refractivity contribution >= 4 is 39.1 Å². The van der Waals surface area contributed by atoms with Gasteiger partial charge >= 0.3 is 0 Å². The van der Waals surface area contributed by atoms with E-state index in [1.165, 1.54) is 30.1 Å². The number of hydrogen-bond acceptors (Lipinski definition) is 4. The highest BCUT2D eigenvalue weighted by atomic mass is 35.5. The van der Waals surface area contributed by atoms with Crippen LogP contribution in [0.4, 0.5) is 5.69 Å². The number of rotatable bonds is 9. The van der Waals surface area contributed by atoms with E-state index < -0.39 is 28.5 Å². The van der Waals surface area contributed by atoms with Gasteiger partial charge in [-0.1, -0.05) is 59.6 Å². The lowest BCUT2D eigenvalue weighted by Crippen LogP contribution is -2.50. The lowest BCUT2D eigenvalue weighted by Gasteiger charge is -2.32. The smallest absolute Gasteiger partial charge is 0.264 e. The van der Waals surface area contributed by atoms with Gasteiger partial charge < -0.3 is 10.2 Å². The molecule has 7 nitrogen and oxygen atoms in total. The number of nitrogens with zero attached hydrogens (tertiary/aromatic N) is 2. The average molecular weight is 528 g/mol. The molecule has 36 heavy (non-hydrogen) atoms. The number of benzene rings is 3. The fraction of sp³-hybridized carbons (Fsp3) is 0.259. The van der Waals surface area contributed by atoms with Gasteiger partial charge in [-0.3, -0.25) is 13.9 Å². The predicted molar refractivity (Wildman–Crippen MR) is 142 cm³/mol. The summed E-state index contributed by atoms with van der Waals surface area (Å²) in [5.74, 6) is -0.877. The van der Waals surface area contributed by atoms with E-state index in [4.69, 9.17) is 11.6 Å². The Kier molecular flexibility index (Phi) is 8.76. The lowest BCUT2D eigenvalue weighted by molar-refractivity contribution is -0.139. The van der Waals surface area contributed by atoms with E-state index in [0.29, 0.717) is 5.02 Å². The van der Waals surface area contributed by atoms with Crippen LogP contribution in [0.5, 0.6) is 0 Å². The number of halogens is 1. The van der Waals surface area contributed by atoms with E-state index in [0.717, 1.165) is 21.0 Å². The van der Waals surface area contributed by atoms with E-state index in [1.54, 1.807) is 37.3 Å². The molecule has 0 saturated heterocycles. The molecule has 0 unspecified atom stereocenters. The fourth-order valence-electron chi connectivity index (χ4n) is 3.76. The minimum atomic E-state index is -4.12. The van der Waals surface area contributed by atoms with Gasteiger partial charge in [0.2, 0.25) is 11.8 Å². The molecule has 0 bridgehead atoms. The Morgan fingerprint density at radius 1 is 0.972 bits per heavy atom. The third-order valence-corrected chi connectivity index (χ3v) is 8.02. The number of sulfonamides is 1. The molecule has 0 aromatic heterocycles. The van der Waals surface area contributed by atoms with Crippen LogP contribution in [0.25, 0.3) is 0 Å². The van der Waals surface area contributed by atoms with E-state index in [1.807, 2.05) is 38.1 Å². The van der Waals surface area contributed by atoms with Crippen LogP contribution in [0.15, 0.2) is 77.7 Å². The summed E-state index contributed by atoms with van der Waals surface area (Å²) in [5.41, 5.74) is 2.97. The molecule has 0 saturated carbocycles. The van der Waals surface area contributed by atoms with Crippen molar-refractivity contribution < 1.29 is 18.0 Å². The maximum absolute atomic E-state index is 13.7. The molecule has 0 aliphatic rings. The van der Waals surface area contributed by atoms with Gasteiger partial charge in [-0.25, -0.2) is 8.42 Å². The van der Waals surface area contributed by atoms with Crippen LogP contribution in [-0.2, 0) is 26.2 Å². The van der Waals surface area contributed by atoms with Gasteiger partial charge in [-0.05, 0) is 62.2 Å². The van der Waals surface area contributed by atoms with Gasteiger partial charge in [0, 0.05) is 18.6 Å². The van der Waals surface area contributed by atoms with Gasteiger partial charge in [0.15, 0.2) is 0 Å². The number of anilines is 1. The number of aryl methyl sites for hydroxylation is 2. The summed E-state index contributed by atoms with van der Waals surface area (Å²) in [7, 11) is -2.63. The average Bonchev–Trinajstić information content (AvgIpc) is 2.85. The number of nitrogens with one attached hydrogen (secondary N) is 1. The molecule has 9 heteroatoms. The summed E-state index contributed by atoms with van der Waals surface area (Å²) in [6, 6.07) is 19.4. The number of carbonyl (C=O) groups excluding carboxylic acids is 2. The largest absolute Gasteiger partial charge is 0.357 e. The summed E-state index contributed by atoms with van der Waals surface area (Å²) < 4.78 is 28.5. The summed E-state index contributed by atoms with van der Waals surface area (Å²) in [6.45, 7) is 5.03. The number of likely N-dealkylation sites (N-methyl/N-ethyl adjacent to an activating group) is 1. The quantitative estimate of drug-likeness (QED) is 0.449. The molecule has 190 valence electrons. The van der Waals surface area contributed by atoms with Crippen molar-refractivity contribution in [2.45, 2.75) is 38.3 Å². The van der Waals surface area contributed by atoms with Crippen molar-refractivity contribution in [3.8, 4) is 0 Å². The van der Waals surface area contributed by atoms with Crippen molar-refractivity contribution in [3.05, 3.63) is 94.5 Å². The van der Waals surface area contributed by atoms with Crippen LogP contribution < -0.4 is 9.62 Å². The van der Waals surface area contributed by atoms with Crippen LogP contribution in [0.2, 0.25) is 5.02 Å². The van der Waals surface area contributed by atoms with Crippen molar-refractivity contribution in [2.24, 2.45) is 0 Å². The first-order valence-electron chi connectivity index (χ1n) is 11.4. The van der Waals surface area contributed by atoms with Crippen molar-refractivity contribution in [3.63, 3.8) is 0 Å². The van der Waals surface area contributed by atoms with E-state index >= 15 is 0 Å². The maximum atomic E-state index is 13.7. The summed E-state index contributed by atoms with van der Waals surface area (Å²) in [6.07, 6.45) is 0. The number of amides is 2. The number of carbonyl (C=O) groups is 2. The van der Waals surface area contributed by atoms with Gasteiger partial charge in [-0.2, -0.15) is 0 Å². The fourth-order valence-corrected chi connectivity index (χ4v) is 5.35. The standard InChI is InChI=1S/C27H30ClN3O4S/c1-19-12-14-25(15-13-19)36(34,35)31(24-11-7-10-23(28)16-24)18-26(32)30(21(3)27(33)29-4)17-22-9-6-5-8-20(22)2/h5-16,21H,17-18H2,1-4H3,(H,29,33)/t21-/m1/s1. The van der Waals surface area contributed by atoms with Crippen LogP contribution in [0, 0.1) is 13.8 Å². The molecular weight excluding hydrogens is 498 g/mol. The minimum Gasteiger partial charge on any atom is -0.357 e. The Balaban J connectivity index is 2.05. The zero-order chi connectivity index (χ0) is 26.5. The first kappa shape index (κ1) is 27.2. The molecule has 2 amide bonds. The second kappa shape index (κ2) is 11.6. The Hall–Kier alpha value is -3.36. The summed E-state index contributed by atoms with van der Waals surface area (Å²) in [4.78, 5) is 27.7. The Labute approximate surface area is 217 Å². The highest BCUT2D eigenvalue weighted by molar-refractivity contribution is 7.92. The van der Waals surface area contributed by atoms with E-state index in [9.17, 15) is 18.0 Å². The van der Waals surface area contributed by atoms with Crippen molar-refractivity contribution in [1.29, 1.82) is 0 Å². The summed E-state index contributed by atoms with van der Waals surface area (Å²) >= 11 is 6.17. The van der Waals surface area contributed by atoms with Crippen molar-refractivity contribution in [1.82, 2.24) is 10.2 Å². The Morgan fingerprint density at radius 3 is 2.25 bits per heavy atom. The molecule has 1 N–H and O–H groups in total. The predicted octanol–water partition coefficient (Wildman–Crippen LogP) is 4.32. The Bertz CT molecular complexity index is 1340. The molecule has 0 spiro atoms. The SMILES string of the molecule is CNC(=O)[C@@H](C)N(Cc1ccccc1C)C(=O)CN(c1cccc(Cl)c1)S(=O)(=O)c1ccc(C)cc1. The van der Waals surface area contributed by atoms with Crippen LogP contribution in [0.1, 0.15) is 23.6 Å². The highest BCUT2D eigenvalue weighted by Gasteiger charge is 2.32. The molecule has 1 atom stereocenters. The van der Waals surface area contributed by atoms with E-state index in [-0.39, 0.29) is 23.0 Å². The molecule has 0 aliphatic carbocycles. The van der Waals surface area contributed by atoms with Crippen LogP contribution >= 0.6 is 11.6 Å².